The molecule has 0 unspecified atom stereocenters. The lowest BCUT2D eigenvalue weighted by Gasteiger charge is -2.21. The second-order valence-corrected chi connectivity index (χ2v) is 2.99. The second kappa shape index (κ2) is 3.20. The summed E-state index contributed by atoms with van der Waals surface area (Å²) in [5.41, 5.74) is 0. The van der Waals surface area contributed by atoms with E-state index in [9.17, 15) is 0 Å². The van der Waals surface area contributed by atoms with E-state index in [1.165, 1.54) is 0 Å². The highest BCUT2D eigenvalue weighted by molar-refractivity contribution is 4.97. The van der Waals surface area contributed by atoms with E-state index < -0.39 is 0 Å². The van der Waals surface area contributed by atoms with Crippen LogP contribution in [-0.2, 0) is 0 Å². The Labute approximate surface area is 71.0 Å². The van der Waals surface area contributed by atoms with E-state index in [1.54, 1.807) is 0 Å². The summed E-state index contributed by atoms with van der Waals surface area (Å²) in [6, 6.07) is 0.267. The molecule has 3 N–H and O–H groups in total. The Morgan fingerprint density at radius 2 is 2.33 bits per heavy atom. The minimum Gasteiger partial charge on any atom is -0.313 e. The first kappa shape index (κ1) is 7.70. The first-order chi connectivity index (χ1) is 5.86. The first-order valence-electron chi connectivity index (χ1n) is 4.19. The molecule has 0 saturated carbocycles. The molecule has 2 heterocycles. The number of hydrogen-bond acceptors (Lipinski definition) is 4. The van der Waals surface area contributed by atoms with Gasteiger partial charge in [-0.2, -0.15) is 5.10 Å². The van der Waals surface area contributed by atoms with Crippen molar-refractivity contribution >= 4 is 0 Å². The van der Waals surface area contributed by atoms with Crippen molar-refractivity contribution in [2.45, 2.75) is 13.0 Å². The summed E-state index contributed by atoms with van der Waals surface area (Å²) in [7, 11) is 0. The van der Waals surface area contributed by atoms with Gasteiger partial charge in [-0.15, -0.1) is 0 Å². The van der Waals surface area contributed by atoms with Gasteiger partial charge in [-0.05, 0) is 6.92 Å². The van der Waals surface area contributed by atoms with Gasteiger partial charge in [0.2, 0.25) is 0 Å². The monoisotopic (exact) mass is 167 g/mol. The Morgan fingerprint density at radius 3 is 2.92 bits per heavy atom. The van der Waals surface area contributed by atoms with Crippen LogP contribution < -0.4 is 10.6 Å². The predicted molar refractivity (Wildman–Crippen MR) is 44.7 cm³/mol. The van der Waals surface area contributed by atoms with Crippen LogP contribution >= 0.6 is 0 Å². The highest BCUT2D eigenvalue weighted by atomic mass is 15.2. The molecular weight excluding hydrogens is 154 g/mol. The molecule has 2 rings (SSSR count). The lowest BCUT2D eigenvalue weighted by molar-refractivity contribution is 0.416. The van der Waals surface area contributed by atoms with Gasteiger partial charge in [-0.3, -0.25) is 5.10 Å². The summed E-state index contributed by atoms with van der Waals surface area (Å²) in [4.78, 5) is 4.27. The Balaban J connectivity index is 2.08. The van der Waals surface area contributed by atoms with Crippen LogP contribution in [0.15, 0.2) is 0 Å². The molecule has 5 nitrogen and oxygen atoms in total. The smallest absolute Gasteiger partial charge is 0.168 e. The van der Waals surface area contributed by atoms with Gasteiger partial charge in [-0.1, -0.05) is 0 Å². The van der Waals surface area contributed by atoms with Gasteiger partial charge in [-0.25, -0.2) is 4.98 Å². The maximum Gasteiger partial charge on any atom is 0.168 e. The third-order valence-electron chi connectivity index (χ3n) is 1.97. The summed E-state index contributed by atoms with van der Waals surface area (Å²) in [6.45, 7) is 4.84. The van der Waals surface area contributed by atoms with Crippen LogP contribution in [-0.4, -0.2) is 34.8 Å². The Morgan fingerprint density at radius 1 is 1.42 bits per heavy atom. The lowest BCUT2D eigenvalue weighted by Crippen LogP contribution is -2.43. The van der Waals surface area contributed by atoms with Crippen molar-refractivity contribution in [1.82, 2.24) is 25.8 Å². The summed E-state index contributed by atoms with van der Waals surface area (Å²) < 4.78 is 0. The van der Waals surface area contributed by atoms with E-state index in [0.29, 0.717) is 0 Å². The number of hydrogen-bond donors (Lipinski definition) is 3. The molecule has 0 spiro atoms. The molecule has 1 aromatic heterocycles. The Bertz CT molecular complexity index is 250. The summed E-state index contributed by atoms with van der Waals surface area (Å²) in [5.74, 6) is 1.73. The van der Waals surface area contributed by atoms with Crippen LogP contribution in [0, 0.1) is 6.92 Å². The fourth-order valence-electron chi connectivity index (χ4n) is 1.35. The molecule has 1 fully saturated rings. The lowest BCUT2D eigenvalue weighted by atomic mass is 10.2. The molecule has 0 aliphatic carbocycles. The van der Waals surface area contributed by atoms with Crippen molar-refractivity contribution in [2.24, 2.45) is 0 Å². The van der Waals surface area contributed by atoms with Crippen LogP contribution in [0.2, 0.25) is 0 Å². The molecular formula is C7H13N5. The maximum absolute atomic E-state index is 4.27. The molecule has 0 amide bonds. The number of rotatable bonds is 1. The molecule has 66 valence electrons. The highest BCUT2D eigenvalue weighted by Crippen LogP contribution is 2.07. The molecule has 0 radical (unpaired) electrons. The predicted octanol–water partition coefficient (Wildman–Crippen LogP) is -0.653. The van der Waals surface area contributed by atoms with E-state index in [4.69, 9.17) is 0 Å². The number of H-pyrrole nitrogens is 1. The number of aromatic nitrogens is 3. The summed E-state index contributed by atoms with van der Waals surface area (Å²) in [6.07, 6.45) is 0. The van der Waals surface area contributed by atoms with Gasteiger partial charge in [0.25, 0.3) is 0 Å². The summed E-state index contributed by atoms with van der Waals surface area (Å²) in [5, 5.41) is 13.6. The molecule has 0 bridgehead atoms. The molecule has 1 aliphatic rings. The average Bonchev–Trinajstić information content (AvgIpc) is 2.54. The van der Waals surface area contributed by atoms with E-state index in [-0.39, 0.29) is 6.04 Å². The number of aryl methyl sites for hydroxylation is 1. The van der Waals surface area contributed by atoms with Gasteiger partial charge in [0.05, 0.1) is 6.04 Å². The SMILES string of the molecule is Cc1nc([C@@H]2CNCCN2)n[nH]1. The average molecular weight is 167 g/mol. The number of nitrogens with zero attached hydrogens (tertiary/aromatic N) is 2. The molecule has 1 saturated heterocycles. The third kappa shape index (κ3) is 1.46. The molecule has 1 aromatic rings. The van der Waals surface area contributed by atoms with Gasteiger partial charge >= 0.3 is 0 Å². The standard InChI is InChI=1S/C7H13N5/c1-5-10-7(12-11-5)6-4-8-2-3-9-6/h6,8-9H,2-4H2,1H3,(H,10,11,12)/t6-/m0/s1. The van der Waals surface area contributed by atoms with Crippen LogP contribution in [0.5, 0.6) is 0 Å². The molecule has 12 heavy (non-hydrogen) atoms. The van der Waals surface area contributed by atoms with E-state index in [2.05, 4.69) is 25.8 Å². The summed E-state index contributed by atoms with van der Waals surface area (Å²) >= 11 is 0. The van der Waals surface area contributed by atoms with Crippen LogP contribution in [0.4, 0.5) is 0 Å². The van der Waals surface area contributed by atoms with Crippen molar-refractivity contribution in [1.29, 1.82) is 0 Å². The van der Waals surface area contributed by atoms with Crippen molar-refractivity contribution in [3.63, 3.8) is 0 Å². The number of aromatic amines is 1. The molecule has 5 heteroatoms. The fraction of sp³-hybridized carbons (Fsp3) is 0.714. The Kier molecular flexibility index (Phi) is 2.05. The Hall–Kier alpha value is -0.940. The van der Waals surface area contributed by atoms with Crippen LogP contribution in [0.1, 0.15) is 17.7 Å². The van der Waals surface area contributed by atoms with Crippen LogP contribution in [0.25, 0.3) is 0 Å². The van der Waals surface area contributed by atoms with Crippen molar-refractivity contribution in [3.05, 3.63) is 11.6 Å². The van der Waals surface area contributed by atoms with E-state index in [1.807, 2.05) is 6.92 Å². The van der Waals surface area contributed by atoms with Gasteiger partial charge in [0, 0.05) is 19.6 Å². The van der Waals surface area contributed by atoms with Crippen LogP contribution in [0.3, 0.4) is 0 Å². The van der Waals surface area contributed by atoms with Crippen molar-refractivity contribution in [2.75, 3.05) is 19.6 Å². The van der Waals surface area contributed by atoms with Gasteiger partial charge in [0.15, 0.2) is 5.82 Å². The van der Waals surface area contributed by atoms with Gasteiger partial charge < -0.3 is 10.6 Å². The van der Waals surface area contributed by atoms with Gasteiger partial charge in [0.1, 0.15) is 5.82 Å². The fourth-order valence-corrected chi connectivity index (χ4v) is 1.35. The molecule has 1 atom stereocenters. The highest BCUT2D eigenvalue weighted by Gasteiger charge is 2.17. The quantitative estimate of drug-likeness (QED) is 0.520. The number of piperazine rings is 1. The second-order valence-electron chi connectivity index (χ2n) is 2.99. The number of nitrogens with one attached hydrogen (secondary N) is 3. The largest absolute Gasteiger partial charge is 0.313 e. The normalized spacial score (nSPS) is 24.2. The minimum atomic E-state index is 0.267. The van der Waals surface area contributed by atoms with Crippen molar-refractivity contribution in [3.8, 4) is 0 Å². The third-order valence-corrected chi connectivity index (χ3v) is 1.97. The van der Waals surface area contributed by atoms with Crippen molar-refractivity contribution < 1.29 is 0 Å². The first-order valence-corrected chi connectivity index (χ1v) is 4.19. The van der Waals surface area contributed by atoms with E-state index in [0.717, 1.165) is 31.3 Å². The molecule has 1 aliphatic heterocycles. The zero-order chi connectivity index (χ0) is 8.39. The molecule has 0 aromatic carbocycles. The maximum atomic E-state index is 4.27. The minimum absolute atomic E-state index is 0.267. The van der Waals surface area contributed by atoms with E-state index >= 15 is 0 Å². The zero-order valence-electron chi connectivity index (χ0n) is 7.09. The topological polar surface area (TPSA) is 65.6 Å². The zero-order valence-corrected chi connectivity index (χ0v) is 7.09.